The van der Waals surface area contributed by atoms with Crippen molar-refractivity contribution in [3.8, 4) is 0 Å². The lowest BCUT2D eigenvalue weighted by molar-refractivity contribution is 0.122. The van der Waals surface area contributed by atoms with E-state index in [1.54, 1.807) is 0 Å². The van der Waals surface area contributed by atoms with E-state index in [0.717, 1.165) is 37.0 Å². The Morgan fingerprint density at radius 3 is 2.67 bits per heavy atom. The summed E-state index contributed by atoms with van der Waals surface area (Å²) in [5.41, 5.74) is 2.14. The van der Waals surface area contributed by atoms with Gasteiger partial charge in [0.2, 0.25) is 0 Å². The van der Waals surface area contributed by atoms with Crippen LogP contribution in [0.2, 0.25) is 5.02 Å². The van der Waals surface area contributed by atoms with E-state index >= 15 is 0 Å². The molecule has 0 aromatic heterocycles. The number of anilines is 2. The summed E-state index contributed by atoms with van der Waals surface area (Å²) in [6.45, 7) is 3.47. The van der Waals surface area contributed by atoms with Crippen LogP contribution in [-0.4, -0.2) is 33.4 Å². The lowest BCUT2D eigenvalue weighted by Gasteiger charge is -2.29. The highest BCUT2D eigenvalue weighted by Crippen LogP contribution is 2.27. The van der Waals surface area contributed by atoms with Gasteiger partial charge in [0.15, 0.2) is 0 Å². The number of benzene rings is 1. The molecule has 1 heterocycles. The summed E-state index contributed by atoms with van der Waals surface area (Å²) >= 11 is 6.13. The van der Waals surface area contributed by atoms with Crippen LogP contribution in [0, 0.1) is 0 Å². The third-order valence-corrected chi connectivity index (χ3v) is 2.91. The largest absolute Gasteiger partial charge is 0.387 e. The van der Waals surface area contributed by atoms with Crippen molar-refractivity contribution in [3.05, 3.63) is 23.2 Å². The molecule has 1 N–H and O–H groups in total. The molecule has 3 nitrogen and oxygen atoms in total. The zero-order chi connectivity index (χ0) is 10.7. The van der Waals surface area contributed by atoms with E-state index in [9.17, 15) is 0 Å². The van der Waals surface area contributed by atoms with Crippen molar-refractivity contribution in [2.45, 2.75) is 0 Å². The van der Waals surface area contributed by atoms with Crippen molar-refractivity contribution >= 4 is 23.0 Å². The van der Waals surface area contributed by atoms with E-state index in [1.165, 1.54) is 5.69 Å². The Morgan fingerprint density at radius 2 is 2.07 bits per heavy atom. The number of hydrogen-bond acceptors (Lipinski definition) is 3. The van der Waals surface area contributed by atoms with Crippen LogP contribution < -0.4 is 10.2 Å². The summed E-state index contributed by atoms with van der Waals surface area (Å²) < 4.78 is 5.31. The number of morpholine rings is 1. The second-order valence-electron chi connectivity index (χ2n) is 3.51. The van der Waals surface area contributed by atoms with Crippen LogP contribution in [0.1, 0.15) is 0 Å². The summed E-state index contributed by atoms with van der Waals surface area (Å²) in [5, 5.41) is 3.82. The van der Waals surface area contributed by atoms with E-state index in [-0.39, 0.29) is 0 Å². The van der Waals surface area contributed by atoms with Crippen molar-refractivity contribution in [2.75, 3.05) is 43.6 Å². The lowest BCUT2D eigenvalue weighted by Crippen LogP contribution is -2.36. The van der Waals surface area contributed by atoms with Crippen LogP contribution in [-0.2, 0) is 4.74 Å². The average Bonchev–Trinajstić information content (AvgIpc) is 2.30. The molecule has 15 heavy (non-hydrogen) atoms. The molecule has 1 aromatic carbocycles. The molecule has 82 valence electrons. The van der Waals surface area contributed by atoms with Crippen molar-refractivity contribution in [2.24, 2.45) is 0 Å². The fourth-order valence-corrected chi connectivity index (χ4v) is 1.99. The molecule has 1 saturated heterocycles. The standard InChI is InChI=1S/C11H15ClN2O/c1-13-11-3-2-9(8-10(11)12)14-4-6-15-7-5-14/h2-3,8,13H,4-7H2,1H3. The summed E-state index contributed by atoms with van der Waals surface area (Å²) in [7, 11) is 1.87. The molecule has 0 saturated carbocycles. The third kappa shape index (κ3) is 2.36. The number of rotatable bonds is 2. The Kier molecular flexibility index (Phi) is 3.34. The van der Waals surface area contributed by atoms with Gasteiger partial charge in [-0.05, 0) is 18.2 Å². The molecule has 0 aliphatic carbocycles. The van der Waals surface area contributed by atoms with Crippen molar-refractivity contribution in [1.82, 2.24) is 0 Å². The maximum absolute atomic E-state index is 6.13. The second-order valence-corrected chi connectivity index (χ2v) is 3.92. The molecule has 1 aromatic rings. The maximum Gasteiger partial charge on any atom is 0.0657 e. The molecular weight excluding hydrogens is 212 g/mol. The van der Waals surface area contributed by atoms with E-state index in [1.807, 2.05) is 19.2 Å². The van der Waals surface area contributed by atoms with Gasteiger partial charge in [-0.3, -0.25) is 0 Å². The highest BCUT2D eigenvalue weighted by molar-refractivity contribution is 6.33. The smallest absolute Gasteiger partial charge is 0.0657 e. The summed E-state index contributed by atoms with van der Waals surface area (Å²) in [5.74, 6) is 0. The van der Waals surface area contributed by atoms with Crippen LogP contribution in [0.5, 0.6) is 0 Å². The van der Waals surface area contributed by atoms with Gasteiger partial charge in [-0.2, -0.15) is 0 Å². The summed E-state index contributed by atoms with van der Waals surface area (Å²) in [6, 6.07) is 6.09. The molecule has 0 spiro atoms. The van der Waals surface area contributed by atoms with E-state index in [4.69, 9.17) is 16.3 Å². The minimum atomic E-state index is 0.765. The van der Waals surface area contributed by atoms with Gasteiger partial charge in [-0.1, -0.05) is 11.6 Å². The minimum Gasteiger partial charge on any atom is -0.387 e. The van der Waals surface area contributed by atoms with Gasteiger partial charge in [0.25, 0.3) is 0 Å². The van der Waals surface area contributed by atoms with E-state index in [2.05, 4.69) is 16.3 Å². The minimum absolute atomic E-state index is 0.765. The quantitative estimate of drug-likeness (QED) is 0.837. The third-order valence-electron chi connectivity index (χ3n) is 2.60. The average molecular weight is 227 g/mol. The Labute approximate surface area is 95.0 Å². The Hall–Kier alpha value is -0.930. The number of nitrogens with zero attached hydrogens (tertiary/aromatic N) is 1. The van der Waals surface area contributed by atoms with E-state index < -0.39 is 0 Å². The number of ether oxygens (including phenoxy) is 1. The van der Waals surface area contributed by atoms with Crippen LogP contribution in [0.15, 0.2) is 18.2 Å². The highest BCUT2D eigenvalue weighted by atomic mass is 35.5. The molecule has 0 atom stereocenters. The molecule has 0 radical (unpaired) electrons. The van der Waals surface area contributed by atoms with Gasteiger partial charge < -0.3 is 15.0 Å². The molecule has 1 fully saturated rings. The normalized spacial score (nSPS) is 16.5. The van der Waals surface area contributed by atoms with Crippen molar-refractivity contribution in [3.63, 3.8) is 0 Å². The predicted molar refractivity (Wildman–Crippen MR) is 64.0 cm³/mol. The molecule has 0 amide bonds. The van der Waals surface area contributed by atoms with Crippen molar-refractivity contribution in [1.29, 1.82) is 0 Å². The number of halogens is 1. The van der Waals surface area contributed by atoms with Crippen LogP contribution in [0.3, 0.4) is 0 Å². The number of hydrogen-bond donors (Lipinski definition) is 1. The molecule has 1 aliphatic rings. The van der Waals surface area contributed by atoms with Crippen LogP contribution >= 0.6 is 11.6 Å². The summed E-state index contributed by atoms with van der Waals surface area (Å²) in [4.78, 5) is 2.29. The van der Waals surface area contributed by atoms with Crippen molar-refractivity contribution < 1.29 is 4.74 Å². The maximum atomic E-state index is 6.13. The first-order chi connectivity index (χ1) is 7.31. The lowest BCUT2D eigenvalue weighted by atomic mass is 10.2. The van der Waals surface area contributed by atoms with Gasteiger partial charge in [-0.15, -0.1) is 0 Å². The molecular formula is C11H15ClN2O. The Balaban J connectivity index is 2.17. The summed E-state index contributed by atoms with van der Waals surface area (Å²) in [6.07, 6.45) is 0. The monoisotopic (exact) mass is 226 g/mol. The zero-order valence-corrected chi connectivity index (χ0v) is 9.55. The first-order valence-corrected chi connectivity index (χ1v) is 5.49. The molecule has 4 heteroatoms. The molecule has 2 rings (SSSR count). The van der Waals surface area contributed by atoms with Gasteiger partial charge in [0.05, 0.1) is 23.9 Å². The molecule has 1 aliphatic heterocycles. The van der Waals surface area contributed by atoms with Gasteiger partial charge >= 0.3 is 0 Å². The highest BCUT2D eigenvalue weighted by Gasteiger charge is 2.11. The SMILES string of the molecule is CNc1ccc(N2CCOCC2)cc1Cl. The first-order valence-electron chi connectivity index (χ1n) is 5.11. The fourth-order valence-electron chi connectivity index (χ4n) is 1.73. The van der Waals surface area contributed by atoms with Gasteiger partial charge in [-0.25, -0.2) is 0 Å². The van der Waals surface area contributed by atoms with E-state index in [0.29, 0.717) is 0 Å². The Morgan fingerprint density at radius 1 is 1.33 bits per heavy atom. The Bertz CT molecular complexity index is 337. The van der Waals surface area contributed by atoms with Gasteiger partial charge in [0, 0.05) is 25.8 Å². The van der Waals surface area contributed by atoms with Crippen LogP contribution in [0.4, 0.5) is 11.4 Å². The predicted octanol–water partition coefficient (Wildman–Crippen LogP) is 2.22. The fraction of sp³-hybridized carbons (Fsp3) is 0.455. The van der Waals surface area contributed by atoms with Crippen LogP contribution in [0.25, 0.3) is 0 Å². The zero-order valence-electron chi connectivity index (χ0n) is 8.79. The topological polar surface area (TPSA) is 24.5 Å². The second kappa shape index (κ2) is 4.73. The molecule has 0 bridgehead atoms. The number of nitrogens with one attached hydrogen (secondary N) is 1. The first kappa shape index (κ1) is 10.6. The van der Waals surface area contributed by atoms with Gasteiger partial charge in [0.1, 0.15) is 0 Å². The molecule has 0 unspecified atom stereocenters.